The summed E-state index contributed by atoms with van der Waals surface area (Å²) in [5, 5.41) is 23.2. The van der Waals surface area contributed by atoms with Crippen LogP contribution >= 0.6 is 22.9 Å². The fourth-order valence-corrected chi connectivity index (χ4v) is 7.31. The van der Waals surface area contributed by atoms with Crippen molar-refractivity contribution in [3.63, 3.8) is 0 Å². The van der Waals surface area contributed by atoms with Crippen LogP contribution in [-0.4, -0.2) is 70.2 Å². The van der Waals surface area contributed by atoms with Crippen molar-refractivity contribution in [1.29, 1.82) is 0 Å². The van der Waals surface area contributed by atoms with Crippen molar-refractivity contribution < 1.29 is 27.8 Å². The van der Waals surface area contributed by atoms with E-state index in [0.29, 0.717) is 41.4 Å². The van der Waals surface area contributed by atoms with Crippen molar-refractivity contribution >= 4 is 38.9 Å². The number of nitrogens with zero attached hydrogens (tertiary/aromatic N) is 4. The van der Waals surface area contributed by atoms with Crippen LogP contribution in [0.5, 0.6) is 11.5 Å². The number of carboxylic acids is 1. The molecular formula is C25H24ClN5O6S2. The van der Waals surface area contributed by atoms with Gasteiger partial charge in [0.2, 0.25) is 15.8 Å². The van der Waals surface area contributed by atoms with E-state index in [1.165, 1.54) is 15.6 Å². The van der Waals surface area contributed by atoms with Gasteiger partial charge < -0.3 is 14.6 Å². The van der Waals surface area contributed by atoms with E-state index in [4.69, 9.17) is 26.2 Å². The zero-order valence-corrected chi connectivity index (χ0v) is 22.9. The molecule has 0 unspecified atom stereocenters. The number of tetrazole rings is 1. The molecule has 2 aromatic carbocycles. The fraction of sp³-hybridized carbons (Fsp3) is 0.280. The van der Waals surface area contributed by atoms with Gasteiger partial charge in [0.15, 0.2) is 12.4 Å². The Morgan fingerprint density at radius 1 is 1.13 bits per heavy atom. The molecule has 0 saturated carbocycles. The molecule has 14 heteroatoms. The molecule has 5 rings (SSSR count). The summed E-state index contributed by atoms with van der Waals surface area (Å²) < 4.78 is 38.9. The number of aliphatic carboxylic acids is 1. The highest BCUT2D eigenvalue weighted by Gasteiger charge is 2.29. The Morgan fingerprint density at radius 2 is 1.90 bits per heavy atom. The van der Waals surface area contributed by atoms with Gasteiger partial charge in [0.1, 0.15) is 21.8 Å². The Morgan fingerprint density at radius 3 is 2.59 bits per heavy atom. The van der Waals surface area contributed by atoms with E-state index < -0.39 is 22.6 Å². The lowest BCUT2D eigenvalue weighted by molar-refractivity contribution is -0.139. The van der Waals surface area contributed by atoms with Gasteiger partial charge in [0.25, 0.3) is 0 Å². The second-order valence-corrected chi connectivity index (χ2v) is 12.2. The number of aromatic amines is 1. The van der Waals surface area contributed by atoms with Crippen molar-refractivity contribution in [1.82, 2.24) is 24.9 Å². The average molecular weight is 590 g/mol. The molecule has 1 saturated heterocycles. The number of nitrogens with one attached hydrogen (secondary N) is 1. The van der Waals surface area contributed by atoms with Gasteiger partial charge in [0.05, 0.1) is 10.6 Å². The van der Waals surface area contributed by atoms with Crippen LogP contribution in [0.3, 0.4) is 0 Å². The lowest BCUT2D eigenvalue weighted by Crippen LogP contribution is -2.42. The van der Waals surface area contributed by atoms with Crippen molar-refractivity contribution in [2.24, 2.45) is 0 Å². The third kappa shape index (κ3) is 6.38. The van der Waals surface area contributed by atoms with Crippen molar-refractivity contribution in [3.05, 3.63) is 65.2 Å². The molecular weight excluding hydrogens is 566 g/mol. The van der Waals surface area contributed by atoms with E-state index in [1.807, 2.05) is 54.6 Å². The Kier molecular flexibility index (Phi) is 8.12. The van der Waals surface area contributed by atoms with Gasteiger partial charge in [-0.15, -0.1) is 21.5 Å². The number of thiophene rings is 1. The van der Waals surface area contributed by atoms with Gasteiger partial charge in [-0.1, -0.05) is 54.1 Å². The minimum Gasteiger partial charge on any atom is -0.490 e. The molecule has 1 aliphatic heterocycles. The van der Waals surface area contributed by atoms with Crippen LogP contribution in [-0.2, 0) is 20.6 Å². The van der Waals surface area contributed by atoms with Crippen LogP contribution in [0.4, 0.5) is 0 Å². The van der Waals surface area contributed by atoms with E-state index in [-0.39, 0.29) is 28.5 Å². The van der Waals surface area contributed by atoms with Crippen molar-refractivity contribution in [2.45, 2.75) is 24.7 Å². The van der Waals surface area contributed by atoms with Crippen LogP contribution in [0, 0.1) is 0 Å². The van der Waals surface area contributed by atoms with Crippen molar-refractivity contribution in [3.8, 4) is 32.6 Å². The topological polar surface area (TPSA) is 148 Å². The largest absolute Gasteiger partial charge is 0.490 e. The Labute approximate surface area is 233 Å². The number of piperidine rings is 1. The molecule has 0 amide bonds. The van der Waals surface area contributed by atoms with Crippen LogP contribution in [0.2, 0.25) is 5.02 Å². The van der Waals surface area contributed by atoms with Gasteiger partial charge in [-0.2, -0.15) is 5.21 Å². The SMILES string of the molecule is O=C(O)COc1c(-c2nn[nH]n2)sc(-c2cccc(OC3CCN(S(=O)(=O)Cc4ccccc4)CC3)c2)c1Cl. The summed E-state index contributed by atoms with van der Waals surface area (Å²) in [5.74, 6) is -0.165. The van der Waals surface area contributed by atoms with Crippen LogP contribution in [0.15, 0.2) is 54.6 Å². The monoisotopic (exact) mass is 589 g/mol. The van der Waals surface area contributed by atoms with Crippen LogP contribution in [0.1, 0.15) is 18.4 Å². The second-order valence-electron chi connectivity index (χ2n) is 8.81. The smallest absolute Gasteiger partial charge is 0.341 e. The van der Waals surface area contributed by atoms with E-state index >= 15 is 0 Å². The van der Waals surface area contributed by atoms with E-state index in [1.54, 1.807) is 0 Å². The molecule has 0 bridgehead atoms. The Bertz CT molecular complexity index is 1540. The number of carbonyl (C=O) groups is 1. The molecule has 0 spiro atoms. The first-order valence-corrected chi connectivity index (χ1v) is 14.8. The van der Waals surface area contributed by atoms with Gasteiger partial charge in [0, 0.05) is 13.1 Å². The van der Waals surface area contributed by atoms with E-state index in [0.717, 1.165) is 11.1 Å². The highest BCUT2D eigenvalue weighted by Crippen LogP contribution is 2.49. The molecule has 4 aromatic rings. The lowest BCUT2D eigenvalue weighted by atomic mass is 10.1. The van der Waals surface area contributed by atoms with Gasteiger partial charge in [-0.25, -0.2) is 17.5 Å². The molecule has 0 radical (unpaired) electrons. The first-order valence-electron chi connectivity index (χ1n) is 12.0. The molecule has 39 heavy (non-hydrogen) atoms. The Balaban J connectivity index is 1.28. The number of H-pyrrole nitrogens is 1. The summed E-state index contributed by atoms with van der Waals surface area (Å²) in [7, 11) is -3.41. The summed E-state index contributed by atoms with van der Waals surface area (Å²) in [4.78, 5) is 12.2. The quantitative estimate of drug-likeness (QED) is 0.279. The molecule has 0 aliphatic carbocycles. The molecule has 1 fully saturated rings. The molecule has 3 heterocycles. The molecule has 11 nitrogen and oxygen atoms in total. The third-order valence-corrected chi connectivity index (χ3v) is 9.62. The number of hydrogen-bond donors (Lipinski definition) is 2. The number of benzene rings is 2. The number of halogens is 1. The Hall–Kier alpha value is -3.52. The van der Waals surface area contributed by atoms with Gasteiger partial charge >= 0.3 is 5.97 Å². The van der Waals surface area contributed by atoms with Gasteiger partial charge in [-0.05, 0) is 41.3 Å². The average Bonchev–Trinajstić information content (AvgIpc) is 3.56. The third-order valence-electron chi connectivity index (χ3n) is 6.08. The predicted octanol–water partition coefficient (Wildman–Crippen LogP) is 4.09. The molecule has 2 aromatic heterocycles. The second kappa shape index (κ2) is 11.7. The number of rotatable bonds is 10. The normalized spacial score (nSPS) is 14.8. The maximum Gasteiger partial charge on any atom is 0.341 e. The van der Waals surface area contributed by atoms with E-state index in [2.05, 4.69) is 20.6 Å². The number of aromatic nitrogens is 4. The molecule has 204 valence electrons. The standard InChI is InChI=1S/C25H24ClN5O6S2/c26-21-22(36-14-20(32)33)24(25-27-29-30-28-25)38-23(21)17-7-4-8-19(13-17)37-18-9-11-31(12-10-18)39(34,35)15-16-5-2-1-3-6-16/h1-8,13,18H,9-12,14-15H2,(H,32,33)(H,27,28,29,30). The summed E-state index contributed by atoms with van der Waals surface area (Å²) >= 11 is 7.87. The highest BCUT2D eigenvalue weighted by molar-refractivity contribution is 7.88. The molecule has 1 aliphatic rings. The van der Waals surface area contributed by atoms with Gasteiger partial charge in [-0.3, -0.25) is 0 Å². The minimum absolute atomic E-state index is 0.0208. The first kappa shape index (κ1) is 27.1. The highest BCUT2D eigenvalue weighted by atomic mass is 35.5. The maximum absolute atomic E-state index is 12.9. The predicted molar refractivity (Wildman–Crippen MR) is 145 cm³/mol. The summed E-state index contributed by atoms with van der Waals surface area (Å²) in [5.41, 5.74) is 1.50. The lowest BCUT2D eigenvalue weighted by Gasteiger charge is -2.31. The number of sulfonamides is 1. The molecule has 0 atom stereocenters. The summed E-state index contributed by atoms with van der Waals surface area (Å²) in [6.45, 7) is 0.187. The first-order chi connectivity index (χ1) is 18.8. The summed E-state index contributed by atoms with van der Waals surface area (Å²) in [6.07, 6.45) is 0.979. The number of hydrogen-bond acceptors (Lipinski definition) is 9. The molecule has 2 N–H and O–H groups in total. The zero-order valence-electron chi connectivity index (χ0n) is 20.5. The minimum atomic E-state index is -3.41. The maximum atomic E-state index is 12.9. The number of carboxylic acid groups (broad SMARTS) is 1. The van der Waals surface area contributed by atoms with Crippen molar-refractivity contribution in [2.75, 3.05) is 19.7 Å². The van der Waals surface area contributed by atoms with E-state index in [9.17, 15) is 13.2 Å². The summed E-state index contributed by atoms with van der Waals surface area (Å²) in [6, 6.07) is 16.5. The fourth-order valence-electron chi connectivity index (χ4n) is 4.26. The van der Waals surface area contributed by atoms with Crippen LogP contribution in [0.25, 0.3) is 21.1 Å². The van der Waals surface area contributed by atoms with Crippen LogP contribution < -0.4 is 9.47 Å². The number of ether oxygens (including phenoxy) is 2. The zero-order chi connectivity index (χ0) is 27.4.